The van der Waals surface area contributed by atoms with Crippen LogP contribution < -0.4 is 15.6 Å². The largest absolute Gasteiger partial charge is 0.464 e. The number of aryl methyl sites for hydroxylation is 1. The molecule has 202 valence electrons. The van der Waals surface area contributed by atoms with Crippen LogP contribution in [-0.4, -0.2) is 38.5 Å². The highest BCUT2D eigenvalue weighted by Crippen LogP contribution is 2.37. The first-order valence-corrected chi connectivity index (χ1v) is 11.9. The Hall–Kier alpha value is -4.16. The van der Waals surface area contributed by atoms with Crippen molar-refractivity contribution in [2.45, 2.75) is 44.3 Å². The Bertz CT molecular complexity index is 1380. The zero-order chi connectivity index (χ0) is 27.4. The summed E-state index contributed by atoms with van der Waals surface area (Å²) in [5, 5.41) is 10.8. The fraction of sp³-hybridized carbons (Fsp3) is 0.400. The highest BCUT2D eigenvalue weighted by molar-refractivity contribution is 5.94. The number of alkyl halides is 3. The predicted molar refractivity (Wildman–Crippen MR) is 129 cm³/mol. The Labute approximate surface area is 215 Å². The van der Waals surface area contributed by atoms with Gasteiger partial charge in [-0.15, -0.1) is 0 Å². The lowest BCUT2D eigenvalue weighted by atomic mass is 9.98. The van der Waals surface area contributed by atoms with E-state index >= 15 is 0 Å². The molecular formula is C25H26F3N5O5. The van der Waals surface area contributed by atoms with E-state index in [0.717, 1.165) is 54.8 Å². The van der Waals surface area contributed by atoms with Crippen LogP contribution in [0.15, 0.2) is 47.4 Å². The third-order valence-electron chi connectivity index (χ3n) is 6.38. The molecule has 1 unspecified atom stereocenters. The summed E-state index contributed by atoms with van der Waals surface area (Å²) in [5.74, 6) is -1.61. The summed E-state index contributed by atoms with van der Waals surface area (Å²) in [6, 6.07) is 5.94. The maximum atomic E-state index is 13.3. The summed E-state index contributed by atoms with van der Waals surface area (Å²) < 4.78 is 52.2. The Balaban J connectivity index is 1.60. The van der Waals surface area contributed by atoms with Gasteiger partial charge in [0.2, 0.25) is 0 Å². The van der Waals surface area contributed by atoms with Crippen molar-refractivity contribution in [1.29, 1.82) is 0 Å². The third-order valence-corrected chi connectivity index (χ3v) is 6.38. The molecule has 0 aliphatic heterocycles. The van der Waals surface area contributed by atoms with E-state index in [-0.39, 0.29) is 23.2 Å². The molecule has 1 saturated carbocycles. The van der Waals surface area contributed by atoms with Crippen molar-refractivity contribution < 1.29 is 32.2 Å². The summed E-state index contributed by atoms with van der Waals surface area (Å²) in [6.07, 6.45) is 0.577. The van der Waals surface area contributed by atoms with Gasteiger partial charge < -0.3 is 14.8 Å². The van der Waals surface area contributed by atoms with Gasteiger partial charge in [0.25, 0.3) is 11.5 Å². The molecule has 0 radical (unpaired) electrons. The maximum Gasteiger partial charge on any atom is 0.419 e. The van der Waals surface area contributed by atoms with Crippen molar-refractivity contribution in [3.63, 3.8) is 0 Å². The van der Waals surface area contributed by atoms with Crippen molar-refractivity contribution >= 4 is 17.7 Å². The van der Waals surface area contributed by atoms with E-state index < -0.39 is 41.0 Å². The molecule has 38 heavy (non-hydrogen) atoms. The highest BCUT2D eigenvalue weighted by Gasteiger charge is 2.34. The third kappa shape index (κ3) is 6.03. The van der Waals surface area contributed by atoms with Crippen LogP contribution in [0.1, 0.15) is 54.2 Å². The van der Waals surface area contributed by atoms with Crippen molar-refractivity contribution in [2.75, 3.05) is 12.4 Å². The number of carbonyl (C=O) groups is 2. The summed E-state index contributed by atoms with van der Waals surface area (Å²) in [5.41, 5.74) is -1.60. The van der Waals surface area contributed by atoms with Crippen LogP contribution in [-0.2, 0) is 22.8 Å². The van der Waals surface area contributed by atoms with Crippen LogP contribution >= 0.6 is 0 Å². The molecule has 3 aromatic rings. The fourth-order valence-electron chi connectivity index (χ4n) is 4.52. The molecule has 0 bridgehead atoms. The van der Waals surface area contributed by atoms with Gasteiger partial charge >= 0.3 is 12.1 Å². The number of para-hydroxylation sites is 1. The minimum absolute atomic E-state index is 0.0890. The quantitative estimate of drug-likeness (QED) is 0.428. The van der Waals surface area contributed by atoms with Crippen molar-refractivity contribution in [3.8, 4) is 11.5 Å². The molecule has 0 spiro atoms. The molecule has 1 aliphatic rings. The highest BCUT2D eigenvalue weighted by atomic mass is 19.4. The number of amides is 1. The molecule has 10 nitrogen and oxygen atoms in total. The van der Waals surface area contributed by atoms with E-state index in [1.807, 2.05) is 0 Å². The number of nitrogens with one attached hydrogen (secondary N) is 1. The number of methoxy groups -OCH3 is 1. The van der Waals surface area contributed by atoms with Gasteiger partial charge in [0.1, 0.15) is 17.5 Å². The lowest BCUT2D eigenvalue weighted by molar-refractivity contribution is -0.138. The van der Waals surface area contributed by atoms with Crippen molar-refractivity contribution in [2.24, 2.45) is 13.0 Å². The number of halogens is 3. The van der Waals surface area contributed by atoms with E-state index in [0.29, 0.717) is 6.42 Å². The van der Waals surface area contributed by atoms with E-state index in [2.05, 4.69) is 15.5 Å². The molecule has 0 saturated heterocycles. The second-order valence-electron chi connectivity index (χ2n) is 8.99. The number of hydrogen-bond acceptors (Lipinski definition) is 7. The van der Waals surface area contributed by atoms with Gasteiger partial charge in [0.05, 0.1) is 18.9 Å². The number of anilines is 1. The maximum absolute atomic E-state index is 13.3. The van der Waals surface area contributed by atoms with Gasteiger partial charge in [-0.25, -0.2) is 9.48 Å². The van der Waals surface area contributed by atoms with E-state index in [1.165, 1.54) is 37.0 Å². The summed E-state index contributed by atoms with van der Waals surface area (Å²) in [7, 11) is 2.73. The van der Waals surface area contributed by atoms with E-state index in [9.17, 15) is 27.6 Å². The number of esters is 1. The average molecular weight is 534 g/mol. The van der Waals surface area contributed by atoms with Gasteiger partial charge in [-0.2, -0.15) is 23.4 Å². The molecule has 4 rings (SSSR count). The number of carbonyl (C=O) groups excluding carboxylic acids is 2. The van der Waals surface area contributed by atoms with Crippen molar-refractivity contribution in [1.82, 2.24) is 19.6 Å². The molecule has 1 aromatic carbocycles. The van der Waals surface area contributed by atoms with Crippen LogP contribution in [0.25, 0.3) is 0 Å². The van der Waals surface area contributed by atoms with Crippen LogP contribution in [0.4, 0.5) is 19.0 Å². The molecule has 2 aromatic heterocycles. The molecule has 13 heteroatoms. The standard InChI is InChI=1S/C25H26F3N5O5/c1-32-19(24(36)37-2)13-21(31-32)30-23(35)18(11-15-7-3-4-8-15)33-22(34)12-16(14-29-33)38-20-10-6-5-9-17(20)25(26,27)28/h5-6,9-10,12-15,18H,3-4,7-8,11H2,1-2H3,(H,30,31,35). The second kappa shape index (κ2) is 11.1. The molecular weight excluding hydrogens is 507 g/mol. The fourth-order valence-corrected chi connectivity index (χ4v) is 4.52. The molecule has 1 amide bonds. The van der Waals surface area contributed by atoms with Crippen LogP contribution in [0.5, 0.6) is 11.5 Å². The normalized spacial score (nSPS) is 14.8. The lowest BCUT2D eigenvalue weighted by Crippen LogP contribution is -2.36. The number of ether oxygens (including phenoxy) is 2. The number of rotatable bonds is 8. The van der Waals surface area contributed by atoms with Crippen molar-refractivity contribution in [3.05, 3.63) is 64.2 Å². The topological polar surface area (TPSA) is 117 Å². The summed E-state index contributed by atoms with van der Waals surface area (Å²) in [6.45, 7) is 0. The summed E-state index contributed by atoms with van der Waals surface area (Å²) in [4.78, 5) is 38.2. The van der Waals surface area contributed by atoms with Gasteiger partial charge in [-0.05, 0) is 24.5 Å². The first kappa shape index (κ1) is 26.9. The number of hydrogen-bond donors (Lipinski definition) is 1. The van der Waals surface area contributed by atoms with Crippen LogP contribution in [0.3, 0.4) is 0 Å². The smallest absolute Gasteiger partial charge is 0.419 e. The Morgan fingerprint density at radius 1 is 1.18 bits per heavy atom. The number of benzene rings is 1. The molecule has 2 heterocycles. The lowest BCUT2D eigenvalue weighted by Gasteiger charge is -2.21. The monoisotopic (exact) mass is 533 g/mol. The van der Waals surface area contributed by atoms with Gasteiger partial charge in [0, 0.05) is 19.2 Å². The SMILES string of the molecule is COC(=O)c1cc(NC(=O)C(CC2CCCC2)n2ncc(Oc3ccccc3C(F)(F)F)cc2=O)nn1C. The van der Waals surface area contributed by atoms with Gasteiger partial charge in [-0.1, -0.05) is 37.8 Å². The zero-order valence-electron chi connectivity index (χ0n) is 20.7. The predicted octanol–water partition coefficient (Wildman–Crippen LogP) is 4.33. The summed E-state index contributed by atoms with van der Waals surface area (Å²) >= 11 is 0. The second-order valence-corrected chi connectivity index (χ2v) is 8.99. The van der Waals surface area contributed by atoms with Gasteiger partial charge in [-0.3, -0.25) is 14.3 Å². The van der Waals surface area contributed by atoms with Crippen LogP contribution in [0.2, 0.25) is 0 Å². The van der Waals surface area contributed by atoms with E-state index in [1.54, 1.807) is 0 Å². The van der Waals surface area contributed by atoms with Crippen LogP contribution in [0, 0.1) is 5.92 Å². The number of nitrogens with zero attached hydrogens (tertiary/aromatic N) is 4. The first-order valence-electron chi connectivity index (χ1n) is 11.9. The Morgan fingerprint density at radius 2 is 1.89 bits per heavy atom. The zero-order valence-corrected chi connectivity index (χ0v) is 20.7. The Morgan fingerprint density at radius 3 is 2.55 bits per heavy atom. The minimum Gasteiger partial charge on any atom is -0.464 e. The Kier molecular flexibility index (Phi) is 7.83. The van der Waals surface area contributed by atoms with Gasteiger partial charge in [0.15, 0.2) is 11.6 Å². The molecule has 1 fully saturated rings. The minimum atomic E-state index is -4.65. The average Bonchev–Trinajstić information content (AvgIpc) is 3.51. The van der Waals surface area contributed by atoms with E-state index in [4.69, 9.17) is 9.47 Å². The number of aromatic nitrogens is 4. The molecule has 1 N–H and O–H groups in total. The molecule has 1 aliphatic carbocycles. The molecule has 1 atom stereocenters. The first-order chi connectivity index (χ1) is 18.1.